The molecule has 0 heterocycles. The lowest BCUT2D eigenvalue weighted by Gasteiger charge is -2.11. The van der Waals surface area contributed by atoms with Gasteiger partial charge in [-0.05, 0) is 24.6 Å². The van der Waals surface area contributed by atoms with Crippen LogP contribution in [0.1, 0.15) is 22.8 Å². The number of amides is 1. The second kappa shape index (κ2) is 4.11. The normalized spacial score (nSPS) is 12.4. The van der Waals surface area contributed by atoms with Crippen molar-refractivity contribution in [2.24, 2.45) is 5.73 Å². The molecule has 1 atom stereocenters. The van der Waals surface area contributed by atoms with Crippen molar-refractivity contribution in [3.05, 3.63) is 29.3 Å². The molecule has 4 heteroatoms. The smallest absolute Gasteiger partial charge is 0.249 e. The van der Waals surface area contributed by atoms with Crippen LogP contribution < -0.4 is 11.5 Å². The molecular formula is C10H14N2O2. The number of aliphatic hydroxyl groups is 1. The van der Waals surface area contributed by atoms with Crippen molar-refractivity contribution in [2.75, 3.05) is 5.73 Å². The van der Waals surface area contributed by atoms with Crippen LogP contribution >= 0.6 is 0 Å². The number of benzene rings is 1. The number of nitrogen functional groups attached to an aromatic ring is 1. The van der Waals surface area contributed by atoms with E-state index in [0.29, 0.717) is 23.2 Å². The average molecular weight is 194 g/mol. The average Bonchev–Trinajstić information content (AvgIpc) is 2.07. The number of primary amides is 1. The Balaban J connectivity index is 3.15. The molecule has 76 valence electrons. The third-order valence-electron chi connectivity index (χ3n) is 1.98. The molecule has 0 aliphatic rings. The molecule has 4 nitrogen and oxygen atoms in total. The Kier molecular flexibility index (Phi) is 3.09. The molecule has 0 fully saturated rings. The highest BCUT2D eigenvalue weighted by atomic mass is 16.3. The molecule has 0 aromatic heterocycles. The summed E-state index contributed by atoms with van der Waals surface area (Å²) in [6.07, 6.45) is -0.205. The van der Waals surface area contributed by atoms with Crippen molar-refractivity contribution in [3.63, 3.8) is 0 Å². The minimum absolute atomic E-state index is 0.338. The molecule has 0 saturated heterocycles. The maximum atomic E-state index is 11.0. The minimum atomic E-state index is -0.544. The predicted molar refractivity (Wildman–Crippen MR) is 54.8 cm³/mol. The summed E-state index contributed by atoms with van der Waals surface area (Å²) in [7, 11) is 0. The Labute approximate surface area is 82.5 Å². The largest absolute Gasteiger partial charge is 0.398 e. The monoisotopic (exact) mass is 194 g/mol. The number of rotatable bonds is 3. The first kappa shape index (κ1) is 10.5. The quantitative estimate of drug-likeness (QED) is 0.604. The van der Waals surface area contributed by atoms with E-state index in [1.54, 1.807) is 25.1 Å². The van der Waals surface area contributed by atoms with Gasteiger partial charge in [0.25, 0.3) is 0 Å². The maximum Gasteiger partial charge on any atom is 0.249 e. The molecule has 1 aromatic carbocycles. The van der Waals surface area contributed by atoms with Crippen LogP contribution in [0.4, 0.5) is 5.69 Å². The highest BCUT2D eigenvalue weighted by Crippen LogP contribution is 2.18. The molecule has 1 aromatic rings. The zero-order valence-corrected chi connectivity index (χ0v) is 8.03. The van der Waals surface area contributed by atoms with E-state index in [9.17, 15) is 9.90 Å². The lowest BCUT2D eigenvalue weighted by molar-refractivity contribution is 0.0999. The molecule has 1 rings (SSSR count). The summed E-state index contributed by atoms with van der Waals surface area (Å²) in [5, 5.41) is 9.23. The second-order valence-electron chi connectivity index (χ2n) is 3.29. The Morgan fingerprint density at radius 1 is 1.57 bits per heavy atom. The summed E-state index contributed by atoms with van der Waals surface area (Å²) >= 11 is 0. The lowest BCUT2D eigenvalue weighted by Crippen LogP contribution is -2.17. The van der Waals surface area contributed by atoms with Crippen LogP contribution in [0.5, 0.6) is 0 Å². The zero-order valence-electron chi connectivity index (χ0n) is 8.03. The van der Waals surface area contributed by atoms with Gasteiger partial charge in [-0.3, -0.25) is 4.79 Å². The van der Waals surface area contributed by atoms with Crippen molar-refractivity contribution < 1.29 is 9.90 Å². The molecule has 0 radical (unpaired) electrons. The standard InChI is InChI=1S/C10H14N2O2/c1-6(13)5-8-7(10(12)14)3-2-4-9(8)11/h2-4,6,13H,5,11H2,1H3,(H2,12,14). The summed E-state index contributed by atoms with van der Waals surface area (Å²) < 4.78 is 0. The molecule has 5 N–H and O–H groups in total. The van der Waals surface area contributed by atoms with Gasteiger partial charge < -0.3 is 16.6 Å². The molecule has 0 aliphatic carbocycles. The molecule has 14 heavy (non-hydrogen) atoms. The topological polar surface area (TPSA) is 89.3 Å². The van der Waals surface area contributed by atoms with Crippen LogP contribution in [-0.4, -0.2) is 17.1 Å². The van der Waals surface area contributed by atoms with E-state index in [1.807, 2.05) is 0 Å². The summed E-state index contributed by atoms with van der Waals surface area (Å²) in [5.74, 6) is -0.520. The van der Waals surface area contributed by atoms with Crippen molar-refractivity contribution in [2.45, 2.75) is 19.4 Å². The van der Waals surface area contributed by atoms with Gasteiger partial charge in [-0.15, -0.1) is 0 Å². The molecule has 1 unspecified atom stereocenters. The van der Waals surface area contributed by atoms with Gasteiger partial charge in [0, 0.05) is 17.7 Å². The van der Waals surface area contributed by atoms with Gasteiger partial charge in [0.05, 0.1) is 6.10 Å². The van der Waals surface area contributed by atoms with Crippen molar-refractivity contribution in [1.82, 2.24) is 0 Å². The predicted octanol–water partition coefficient (Wildman–Crippen LogP) is 0.291. The molecular weight excluding hydrogens is 180 g/mol. The first-order valence-electron chi connectivity index (χ1n) is 4.37. The van der Waals surface area contributed by atoms with Crippen LogP contribution in [0.15, 0.2) is 18.2 Å². The summed E-state index contributed by atoms with van der Waals surface area (Å²) in [5.41, 5.74) is 12.4. The SMILES string of the molecule is CC(O)Cc1c(N)cccc1C(N)=O. The number of anilines is 1. The van der Waals surface area contributed by atoms with E-state index in [1.165, 1.54) is 0 Å². The van der Waals surface area contributed by atoms with Crippen molar-refractivity contribution in [3.8, 4) is 0 Å². The van der Waals surface area contributed by atoms with Crippen molar-refractivity contribution in [1.29, 1.82) is 0 Å². The van der Waals surface area contributed by atoms with Gasteiger partial charge in [0.15, 0.2) is 0 Å². The van der Waals surface area contributed by atoms with Crippen LogP contribution in [0.25, 0.3) is 0 Å². The second-order valence-corrected chi connectivity index (χ2v) is 3.29. The van der Waals surface area contributed by atoms with Crippen molar-refractivity contribution >= 4 is 11.6 Å². The fraction of sp³-hybridized carbons (Fsp3) is 0.300. The molecule has 0 saturated carbocycles. The first-order chi connectivity index (χ1) is 6.52. The Hall–Kier alpha value is -1.55. The summed E-state index contributed by atoms with van der Waals surface area (Å²) in [4.78, 5) is 11.0. The molecule has 1 amide bonds. The Morgan fingerprint density at radius 2 is 2.21 bits per heavy atom. The van der Waals surface area contributed by atoms with E-state index in [-0.39, 0.29) is 0 Å². The third-order valence-corrected chi connectivity index (χ3v) is 1.98. The zero-order chi connectivity index (χ0) is 10.7. The summed E-state index contributed by atoms with van der Waals surface area (Å²) in [6, 6.07) is 4.96. The molecule has 0 spiro atoms. The minimum Gasteiger partial charge on any atom is -0.398 e. The van der Waals surface area contributed by atoms with E-state index < -0.39 is 12.0 Å². The van der Waals surface area contributed by atoms with E-state index in [4.69, 9.17) is 11.5 Å². The van der Waals surface area contributed by atoms with E-state index in [2.05, 4.69) is 0 Å². The van der Waals surface area contributed by atoms with Gasteiger partial charge >= 0.3 is 0 Å². The number of carbonyl (C=O) groups is 1. The van der Waals surface area contributed by atoms with E-state index >= 15 is 0 Å². The number of hydrogen-bond acceptors (Lipinski definition) is 3. The highest BCUT2D eigenvalue weighted by Gasteiger charge is 2.12. The fourth-order valence-corrected chi connectivity index (χ4v) is 1.36. The van der Waals surface area contributed by atoms with Crippen LogP contribution in [-0.2, 0) is 6.42 Å². The van der Waals surface area contributed by atoms with Crippen LogP contribution in [0.2, 0.25) is 0 Å². The van der Waals surface area contributed by atoms with Gasteiger partial charge in [0.1, 0.15) is 0 Å². The number of carbonyl (C=O) groups excluding carboxylic acids is 1. The lowest BCUT2D eigenvalue weighted by atomic mass is 10.00. The van der Waals surface area contributed by atoms with Gasteiger partial charge in [-0.2, -0.15) is 0 Å². The first-order valence-corrected chi connectivity index (χ1v) is 4.37. The van der Waals surface area contributed by atoms with Gasteiger partial charge in [-0.1, -0.05) is 6.07 Å². The number of hydrogen-bond donors (Lipinski definition) is 3. The molecule has 0 aliphatic heterocycles. The van der Waals surface area contributed by atoms with Crippen LogP contribution in [0.3, 0.4) is 0 Å². The van der Waals surface area contributed by atoms with Gasteiger partial charge in [-0.25, -0.2) is 0 Å². The fourth-order valence-electron chi connectivity index (χ4n) is 1.36. The number of aliphatic hydroxyl groups excluding tert-OH is 1. The Morgan fingerprint density at radius 3 is 2.71 bits per heavy atom. The maximum absolute atomic E-state index is 11.0. The number of nitrogens with two attached hydrogens (primary N) is 2. The van der Waals surface area contributed by atoms with Gasteiger partial charge in [0.2, 0.25) is 5.91 Å². The molecule has 0 bridgehead atoms. The van der Waals surface area contributed by atoms with Crippen LogP contribution in [0, 0.1) is 0 Å². The van der Waals surface area contributed by atoms with E-state index in [0.717, 1.165) is 0 Å². The third kappa shape index (κ3) is 2.23. The summed E-state index contributed by atoms with van der Waals surface area (Å²) in [6.45, 7) is 1.64. The Bertz CT molecular complexity index is 348. The highest BCUT2D eigenvalue weighted by molar-refractivity contribution is 5.95.